The second kappa shape index (κ2) is 9.17. The third-order valence-corrected chi connectivity index (χ3v) is 3.80. The molecule has 0 spiro atoms. The van der Waals surface area contributed by atoms with Crippen molar-refractivity contribution in [2.45, 2.75) is 39.2 Å². The summed E-state index contributed by atoms with van der Waals surface area (Å²) in [5.74, 6) is 1.43. The Morgan fingerprint density at radius 1 is 1.22 bits per heavy atom. The van der Waals surface area contributed by atoms with Gasteiger partial charge < -0.3 is 5.32 Å². The fraction of sp³-hybridized carbons (Fsp3) is 0.353. The fourth-order valence-electron chi connectivity index (χ4n) is 2.21. The van der Waals surface area contributed by atoms with Gasteiger partial charge in [-0.25, -0.2) is 9.97 Å². The maximum absolute atomic E-state index is 9.07. The first-order valence-corrected chi connectivity index (χ1v) is 8.23. The topological polar surface area (TPSA) is 70.1 Å². The summed E-state index contributed by atoms with van der Waals surface area (Å²) in [5.41, 5.74) is 3.74. The second-order valence-electron chi connectivity index (χ2n) is 5.29. The lowest BCUT2D eigenvalue weighted by Crippen LogP contribution is -2.21. The molecular formula is C17H22N4OS. The molecule has 0 saturated carbocycles. The summed E-state index contributed by atoms with van der Waals surface area (Å²) in [6, 6.07) is 10.1. The molecule has 0 amide bonds. The summed E-state index contributed by atoms with van der Waals surface area (Å²) in [6.07, 6.45) is 5.89. The van der Waals surface area contributed by atoms with Crippen molar-refractivity contribution in [2.75, 3.05) is 5.32 Å². The number of unbranched alkanes of at least 4 members (excludes halogenated alkanes) is 2. The molecule has 5 nitrogen and oxygen atoms in total. The van der Waals surface area contributed by atoms with Gasteiger partial charge in [-0.1, -0.05) is 62.3 Å². The minimum Gasteiger partial charge on any atom is -0.365 e. The fourth-order valence-corrected chi connectivity index (χ4v) is 2.36. The quantitative estimate of drug-likeness (QED) is 0.391. The van der Waals surface area contributed by atoms with Gasteiger partial charge in [0.15, 0.2) is 0 Å². The van der Waals surface area contributed by atoms with Gasteiger partial charge in [-0.15, -0.1) is 0 Å². The molecule has 0 saturated heterocycles. The van der Waals surface area contributed by atoms with Gasteiger partial charge in [0.2, 0.25) is 0 Å². The monoisotopic (exact) mass is 330 g/mol. The minimum atomic E-state index is 0.209. The van der Waals surface area contributed by atoms with Crippen LogP contribution in [-0.2, 0) is 13.0 Å². The van der Waals surface area contributed by atoms with Crippen molar-refractivity contribution in [1.82, 2.24) is 15.4 Å². The number of nitrogens with zero attached hydrogens (tertiary/aromatic N) is 2. The van der Waals surface area contributed by atoms with Crippen LogP contribution in [0.1, 0.15) is 43.1 Å². The Bertz CT molecular complexity index is 634. The number of hydroxylamine groups is 1. The van der Waals surface area contributed by atoms with Crippen LogP contribution in [0.25, 0.3) is 0 Å². The third kappa shape index (κ3) is 5.26. The largest absolute Gasteiger partial charge is 0.365 e. The number of hydrogen-bond acceptors (Lipinski definition) is 5. The van der Waals surface area contributed by atoms with E-state index in [1.165, 1.54) is 0 Å². The zero-order valence-electron chi connectivity index (χ0n) is 13.2. The van der Waals surface area contributed by atoms with Crippen LogP contribution < -0.4 is 10.8 Å². The molecule has 0 radical (unpaired) electrons. The molecule has 6 heteroatoms. The van der Waals surface area contributed by atoms with E-state index in [4.69, 9.17) is 17.4 Å². The molecule has 0 fully saturated rings. The Morgan fingerprint density at radius 2 is 2.00 bits per heavy atom. The van der Waals surface area contributed by atoms with E-state index in [1.54, 1.807) is 6.20 Å². The highest BCUT2D eigenvalue weighted by molar-refractivity contribution is 7.80. The Labute approximate surface area is 142 Å². The lowest BCUT2D eigenvalue weighted by molar-refractivity contribution is 0.238. The molecule has 122 valence electrons. The Kier molecular flexibility index (Phi) is 6.90. The average molecular weight is 330 g/mol. The van der Waals surface area contributed by atoms with E-state index in [1.807, 2.05) is 35.8 Å². The summed E-state index contributed by atoms with van der Waals surface area (Å²) in [4.78, 5) is 9.12. The molecule has 0 bridgehead atoms. The molecule has 0 aliphatic heterocycles. The van der Waals surface area contributed by atoms with E-state index < -0.39 is 0 Å². The lowest BCUT2D eigenvalue weighted by Gasteiger charge is -2.12. The van der Waals surface area contributed by atoms with Crippen molar-refractivity contribution in [3.05, 3.63) is 53.5 Å². The van der Waals surface area contributed by atoms with Gasteiger partial charge in [0, 0.05) is 19.2 Å². The second-order valence-corrected chi connectivity index (χ2v) is 5.69. The van der Waals surface area contributed by atoms with Gasteiger partial charge in [-0.3, -0.25) is 10.7 Å². The van der Waals surface area contributed by atoms with Gasteiger partial charge >= 0.3 is 0 Å². The Hall–Kier alpha value is -2.05. The molecule has 1 aromatic carbocycles. The highest BCUT2D eigenvalue weighted by Crippen LogP contribution is 2.15. The smallest absolute Gasteiger partial charge is 0.140 e. The Morgan fingerprint density at radius 3 is 2.70 bits per heavy atom. The molecule has 3 N–H and O–H groups in total. The van der Waals surface area contributed by atoms with E-state index in [0.717, 1.165) is 37.1 Å². The summed E-state index contributed by atoms with van der Waals surface area (Å²) in [6.45, 7) is 2.80. The molecule has 0 unspecified atom stereocenters. The minimum absolute atomic E-state index is 0.209. The van der Waals surface area contributed by atoms with Gasteiger partial charge in [0.05, 0.1) is 5.56 Å². The highest BCUT2D eigenvalue weighted by Gasteiger charge is 2.11. The Balaban J connectivity index is 2.14. The summed E-state index contributed by atoms with van der Waals surface area (Å²) in [5, 5.41) is 12.4. The van der Waals surface area contributed by atoms with Crippen molar-refractivity contribution in [2.24, 2.45) is 0 Å². The molecule has 1 aromatic heterocycles. The number of aryl methyl sites for hydroxylation is 1. The van der Waals surface area contributed by atoms with Crippen LogP contribution >= 0.6 is 12.2 Å². The van der Waals surface area contributed by atoms with Crippen LogP contribution in [0.4, 0.5) is 5.82 Å². The lowest BCUT2D eigenvalue weighted by atomic mass is 10.2. The highest BCUT2D eigenvalue weighted by atomic mass is 32.1. The first kappa shape index (κ1) is 17.3. The zero-order valence-corrected chi connectivity index (χ0v) is 14.1. The zero-order chi connectivity index (χ0) is 16.5. The number of thiocarbonyl (C=S) groups is 1. The number of aromatic nitrogens is 2. The molecule has 23 heavy (non-hydrogen) atoms. The van der Waals surface area contributed by atoms with E-state index in [2.05, 4.69) is 22.2 Å². The first-order chi connectivity index (χ1) is 11.2. The molecule has 0 aliphatic rings. The van der Waals surface area contributed by atoms with Crippen LogP contribution in [-0.4, -0.2) is 20.2 Å². The summed E-state index contributed by atoms with van der Waals surface area (Å²) in [7, 11) is 0. The molecule has 0 atom stereocenters. The molecular weight excluding hydrogens is 308 g/mol. The van der Waals surface area contributed by atoms with E-state index in [-0.39, 0.29) is 4.99 Å². The predicted molar refractivity (Wildman–Crippen MR) is 95.7 cm³/mol. The van der Waals surface area contributed by atoms with E-state index >= 15 is 0 Å². The number of benzene rings is 1. The standard InChI is InChI=1S/C17H22N4OS/c1-2-3-5-10-15-18-12-14(17(23)21-22)16(20-15)19-11-13-8-6-4-7-9-13/h4,6-9,12,22H,2-3,5,10-11H2,1H3,(H,21,23)(H,18,19,20). The first-order valence-electron chi connectivity index (χ1n) is 7.82. The summed E-state index contributed by atoms with van der Waals surface area (Å²) < 4.78 is 0. The van der Waals surface area contributed by atoms with Crippen LogP contribution in [0.2, 0.25) is 0 Å². The van der Waals surface area contributed by atoms with Crippen LogP contribution in [0.15, 0.2) is 36.5 Å². The maximum atomic E-state index is 9.07. The normalized spacial score (nSPS) is 10.3. The van der Waals surface area contributed by atoms with E-state index in [9.17, 15) is 0 Å². The number of anilines is 1. The van der Waals surface area contributed by atoms with Gasteiger partial charge in [0.25, 0.3) is 0 Å². The number of hydrogen-bond donors (Lipinski definition) is 3. The van der Waals surface area contributed by atoms with Crippen LogP contribution in [0, 0.1) is 0 Å². The molecule has 2 aromatic rings. The van der Waals surface area contributed by atoms with Crippen molar-refractivity contribution in [1.29, 1.82) is 0 Å². The predicted octanol–water partition coefficient (Wildman–Crippen LogP) is 3.48. The van der Waals surface area contributed by atoms with Crippen molar-refractivity contribution in [3.8, 4) is 0 Å². The van der Waals surface area contributed by atoms with Crippen molar-refractivity contribution >= 4 is 23.0 Å². The SMILES string of the molecule is CCCCCc1ncc(C(=S)NO)c(NCc2ccccc2)n1. The van der Waals surface area contributed by atoms with Crippen LogP contribution in [0.3, 0.4) is 0 Å². The average Bonchev–Trinajstić information content (AvgIpc) is 2.60. The number of rotatable bonds is 8. The molecule has 1 heterocycles. The van der Waals surface area contributed by atoms with Gasteiger partial charge in [0.1, 0.15) is 16.6 Å². The van der Waals surface area contributed by atoms with Crippen molar-refractivity contribution in [3.63, 3.8) is 0 Å². The summed E-state index contributed by atoms with van der Waals surface area (Å²) >= 11 is 5.11. The van der Waals surface area contributed by atoms with Gasteiger partial charge in [-0.05, 0) is 12.0 Å². The molecule has 2 rings (SSSR count). The van der Waals surface area contributed by atoms with Gasteiger partial charge in [-0.2, -0.15) is 0 Å². The van der Waals surface area contributed by atoms with Crippen molar-refractivity contribution < 1.29 is 5.21 Å². The third-order valence-electron chi connectivity index (χ3n) is 3.49. The maximum Gasteiger partial charge on any atom is 0.140 e. The van der Waals surface area contributed by atoms with E-state index in [0.29, 0.717) is 17.9 Å². The van der Waals surface area contributed by atoms with Crippen LogP contribution in [0.5, 0.6) is 0 Å². The number of nitrogens with one attached hydrogen (secondary N) is 2. The molecule has 0 aliphatic carbocycles.